The maximum Gasteiger partial charge on any atom is 0.243 e. The number of rotatable bonds is 15. The number of nitrogens with zero attached hydrogens (tertiary/aromatic N) is 2. The summed E-state index contributed by atoms with van der Waals surface area (Å²) in [6.07, 6.45) is 1.58. The molecule has 2 amide bonds. The van der Waals surface area contributed by atoms with Gasteiger partial charge in [0.25, 0.3) is 0 Å². The van der Waals surface area contributed by atoms with E-state index >= 15 is 0 Å². The standard InChI is InChI=1S/C32H40FN3O5S/c1-24(2)22-34-32(38)30(21-25-10-6-5-7-11-25)35(23-26-12-8-13-29(20-26)41-3)31(37)14-9-19-36(42(4,39)40)28-17-15-27(33)16-18-28/h5-8,10-13,15-18,20,24,30H,9,14,19,21-23H2,1-4H3,(H,34,38)/t30-/m0/s1. The van der Waals surface area contributed by atoms with Crippen LogP contribution in [0.1, 0.15) is 37.8 Å². The van der Waals surface area contributed by atoms with Gasteiger partial charge in [-0.25, -0.2) is 12.8 Å². The lowest BCUT2D eigenvalue weighted by Gasteiger charge is -2.32. The van der Waals surface area contributed by atoms with Crippen LogP contribution in [-0.2, 0) is 32.6 Å². The number of nitrogens with one attached hydrogen (secondary N) is 1. The number of anilines is 1. The summed E-state index contributed by atoms with van der Waals surface area (Å²) in [6.45, 7) is 4.65. The number of hydrogen-bond donors (Lipinski definition) is 1. The molecular formula is C32H40FN3O5S. The highest BCUT2D eigenvalue weighted by Gasteiger charge is 2.30. The number of sulfonamides is 1. The first-order valence-electron chi connectivity index (χ1n) is 13.9. The van der Waals surface area contributed by atoms with Crippen LogP contribution >= 0.6 is 0 Å². The van der Waals surface area contributed by atoms with Crippen molar-refractivity contribution >= 4 is 27.5 Å². The van der Waals surface area contributed by atoms with Crippen molar-refractivity contribution in [2.24, 2.45) is 5.92 Å². The van der Waals surface area contributed by atoms with Crippen LogP contribution in [0.25, 0.3) is 0 Å². The summed E-state index contributed by atoms with van der Waals surface area (Å²) in [5.74, 6) is -0.163. The zero-order valence-corrected chi connectivity index (χ0v) is 25.4. The maximum absolute atomic E-state index is 13.9. The van der Waals surface area contributed by atoms with Gasteiger partial charge >= 0.3 is 0 Å². The number of ether oxygens (including phenoxy) is 1. The molecule has 0 unspecified atom stereocenters. The minimum absolute atomic E-state index is 0.0000661. The topological polar surface area (TPSA) is 96.0 Å². The molecule has 8 nitrogen and oxygen atoms in total. The van der Waals surface area contributed by atoms with E-state index in [0.717, 1.165) is 21.7 Å². The molecule has 1 N–H and O–H groups in total. The molecule has 1 atom stereocenters. The minimum atomic E-state index is -3.68. The molecule has 226 valence electrons. The van der Waals surface area contributed by atoms with E-state index in [-0.39, 0.29) is 43.7 Å². The predicted octanol–water partition coefficient (Wildman–Crippen LogP) is 4.79. The van der Waals surface area contributed by atoms with Crippen LogP contribution in [0.15, 0.2) is 78.9 Å². The van der Waals surface area contributed by atoms with Crippen LogP contribution in [0.4, 0.5) is 10.1 Å². The fourth-order valence-corrected chi connectivity index (χ4v) is 5.52. The normalized spacial score (nSPS) is 12.0. The van der Waals surface area contributed by atoms with Gasteiger partial charge < -0.3 is 15.0 Å². The first-order valence-corrected chi connectivity index (χ1v) is 15.8. The Kier molecular flexibility index (Phi) is 11.9. The third-order valence-corrected chi connectivity index (χ3v) is 7.90. The number of carbonyl (C=O) groups is 2. The number of amides is 2. The first kappa shape index (κ1) is 32.6. The molecule has 0 saturated heterocycles. The van der Waals surface area contributed by atoms with E-state index in [1.807, 2.05) is 68.4 Å². The molecule has 0 heterocycles. The molecule has 0 radical (unpaired) electrons. The van der Waals surface area contributed by atoms with E-state index in [0.29, 0.717) is 24.4 Å². The zero-order valence-electron chi connectivity index (χ0n) is 24.6. The van der Waals surface area contributed by atoms with E-state index in [9.17, 15) is 22.4 Å². The molecule has 3 rings (SSSR count). The highest BCUT2D eigenvalue weighted by atomic mass is 32.2. The second-order valence-corrected chi connectivity index (χ2v) is 12.5. The molecular weight excluding hydrogens is 557 g/mol. The Hall–Kier alpha value is -3.92. The number of methoxy groups -OCH3 is 1. The van der Waals surface area contributed by atoms with Crippen LogP contribution in [0.2, 0.25) is 0 Å². The van der Waals surface area contributed by atoms with Crippen LogP contribution in [-0.4, -0.2) is 57.6 Å². The van der Waals surface area contributed by atoms with Crippen molar-refractivity contribution in [3.8, 4) is 5.75 Å². The van der Waals surface area contributed by atoms with Crippen LogP contribution in [0, 0.1) is 11.7 Å². The summed E-state index contributed by atoms with van der Waals surface area (Å²) in [4.78, 5) is 29.0. The van der Waals surface area contributed by atoms with E-state index < -0.39 is 21.9 Å². The molecule has 0 fully saturated rings. The molecule has 0 saturated carbocycles. The molecule has 3 aromatic rings. The lowest BCUT2D eigenvalue weighted by Crippen LogP contribution is -2.51. The van der Waals surface area contributed by atoms with Crippen molar-refractivity contribution in [1.82, 2.24) is 10.2 Å². The van der Waals surface area contributed by atoms with Crippen LogP contribution in [0.5, 0.6) is 5.75 Å². The molecule has 0 aliphatic rings. The second kappa shape index (κ2) is 15.3. The smallest absolute Gasteiger partial charge is 0.243 e. The van der Waals surface area contributed by atoms with Gasteiger partial charge in [-0.2, -0.15) is 0 Å². The minimum Gasteiger partial charge on any atom is -0.497 e. The summed E-state index contributed by atoms with van der Waals surface area (Å²) in [5.41, 5.74) is 2.02. The summed E-state index contributed by atoms with van der Waals surface area (Å²) < 4.78 is 45.0. The van der Waals surface area contributed by atoms with Crippen molar-refractivity contribution < 1.29 is 27.1 Å². The lowest BCUT2D eigenvalue weighted by atomic mass is 10.0. The summed E-state index contributed by atoms with van der Waals surface area (Å²) in [5, 5.41) is 2.99. The monoisotopic (exact) mass is 597 g/mol. The molecule has 0 aliphatic heterocycles. The van der Waals surface area contributed by atoms with Crippen molar-refractivity contribution in [3.63, 3.8) is 0 Å². The SMILES string of the molecule is COc1cccc(CN(C(=O)CCCN(c2ccc(F)cc2)S(C)(=O)=O)[C@@H](Cc2ccccc2)C(=O)NCC(C)C)c1. The predicted molar refractivity (Wildman–Crippen MR) is 163 cm³/mol. The molecule has 0 aromatic heterocycles. The first-order chi connectivity index (χ1) is 20.0. The van der Waals surface area contributed by atoms with Gasteiger partial charge in [0.1, 0.15) is 17.6 Å². The summed E-state index contributed by atoms with van der Waals surface area (Å²) >= 11 is 0. The van der Waals surface area contributed by atoms with E-state index in [1.54, 1.807) is 12.0 Å². The Morgan fingerprint density at radius 2 is 1.62 bits per heavy atom. The molecule has 3 aromatic carbocycles. The summed E-state index contributed by atoms with van der Waals surface area (Å²) in [7, 11) is -2.12. The molecule has 42 heavy (non-hydrogen) atoms. The van der Waals surface area contributed by atoms with Crippen LogP contribution in [0.3, 0.4) is 0 Å². The van der Waals surface area contributed by atoms with Gasteiger partial charge in [-0.15, -0.1) is 0 Å². The quantitative estimate of drug-likeness (QED) is 0.272. The van der Waals surface area contributed by atoms with Crippen molar-refractivity contribution in [2.75, 3.05) is 30.8 Å². The third-order valence-electron chi connectivity index (χ3n) is 6.71. The second-order valence-electron chi connectivity index (χ2n) is 10.6. The van der Waals surface area contributed by atoms with Gasteiger partial charge in [0.15, 0.2) is 0 Å². The fourth-order valence-electron chi connectivity index (χ4n) is 4.56. The average Bonchev–Trinajstić information content (AvgIpc) is 2.96. The molecule has 0 aliphatic carbocycles. The Labute approximate surface area is 248 Å². The van der Waals surface area contributed by atoms with Gasteiger partial charge in [0.2, 0.25) is 21.8 Å². The number of halogens is 1. The fraction of sp³-hybridized carbons (Fsp3) is 0.375. The number of carbonyl (C=O) groups excluding carboxylic acids is 2. The van der Waals surface area contributed by atoms with Crippen molar-refractivity contribution in [3.05, 3.63) is 95.8 Å². The number of benzene rings is 3. The maximum atomic E-state index is 13.9. The van der Waals surface area contributed by atoms with E-state index in [2.05, 4.69) is 5.32 Å². The van der Waals surface area contributed by atoms with Gasteiger partial charge in [0.05, 0.1) is 19.1 Å². The summed E-state index contributed by atoms with van der Waals surface area (Å²) in [6, 6.07) is 21.2. The Morgan fingerprint density at radius 3 is 2.24 bits per heavy atom. The Bertz CT molecular complexity index is 1420. The van der Waals surface area contributed by atoms with Gasteiger partial charge in [0, 0.05) is 32.5 Å². The van der Waals surface area contributed by atoms with Gasteiger partial charge in [-0.3, -0.25) is 13.9 Å². The zero-order chi connectivity index (χ0) is 30.7. The van der Waals surface area contributed by atoms with Gasteiger partial charge in [-0.05, 0) is 59.9 Å². The molecule has 0 bridgehead atoms. The van der Waals surface area contributed by atoms with E-state index in [1.165, 1.54) is 24.3 Å². The lowest BCUT2D eigenvalue weighted by molar-refractivity contribution is -0.141. The largest absolute Gasteiger partial charge is 0.497 e. The highest BCUT2D eigenvalue weighted by Crippen LogP contribution is 2.22. The molecule has 10 heteroatoms. The average molecular weight is 598 g/mol. The Morgan fingerprint density at radius 1 is 0.952 bits per heavy atom. The molecule has 0 spiro atoms. The third kappa shape index (κ3) is 9.87. The van der Waals surface area contributed by atoms with Crippen molar-refractivity contribution in [1.29, 1.82) is 0 Å². The highest BCUT2D eigenvalue weighted by molar-refractivity contribution is 7.92. The Balaban J connectivity index is 1.89. The van der Waals surface area contributed by atoms with Gasteiger partial charge in [-0.1, -0.05) is 56.3 Å². The van der Waals surface area contributed by atoms with Crippen molar-refractivity contribution in [2.45, 2.75) is 45.7 Å². The van der Waals surface area contributed by atoms with E-state index in [4.69, 9.17) is 4.74 Å². The number of hydrogen-bond acceptors (Lipinski definition) is 5. The van der Waals surface area contributed by atoms with Crippen LogP contribution < -0.4 is 14.4 Å².